The molecule has 122 valence electrons. The number of halogens is 3. The van der Waals surface area contributed by atoms with E-state index in [9.17, 15) is 9.59 Å². The van der Waals surface area contributed by atoms with Crippen LogP contribution in [0.1, 0.15) is 11.1 Å². The third-order valence-electron chi connectivity index (χ3n) is 3.35. The molecule has 2 amide bonds. The fraction of sp³-hybridized carbons (Fsp3) is 0.0588. The van der Waals surface area contributed by atoms with Crippen LogP contribution in [0.25, 0.3) is 6.08 Å². The minimum absolute atomic E-state index is 0.232. The summed E-state index contributed by atoms with van der Waals surface area (Å²) in [6.45, 7) is 0.232. The van der Waals surface area contributed by atoms with Crippen molar-refractivity contribution < 1.29 is 9.59 Å². The number of hydrogen-bond donors (Lipinski definition) is 0. The van der Waals surface area contributed by atoms with Crippen molar-refractivity contribution in [1.29, 1.82) is 0 Å². The molecule has 0 spiro atoms. The number of amides is 2. The minimum atomic E-state index is -0.323. The van der Waals surface area contributed by atoms with Gasteiger partial charge in [0.2, 0.25) is 0 Å². The molecule has 1 aliphatic heterocycles. The van der Waals surface area contributed by atoms with Crippen LogP contribution in [0.2, 0.25) is 10.0 Å². The number of hydrogen-bond acceptors (Lipinski definition) is 3. The van der Waals surface area contributed by atoms with Gasteiger partial charge in [-0.3, -0.25) is 14.5 Å². The second kappa shape index (κ2) is 7.31. The van der Waals surface area contributed by atoms with Crippen molar-refractivity contribution in [2.45, 2.75) is 6.54 Å². The third kappa shape index (κ3) is 3.86. The molecule has 1 saturated heterocycles. The maximum Gasteiger partial charge on any atom is 0.293 e. The molecule has 24 heavy (non-hydrogen) atoms. The Balaban J connectivity index is 1.84. The first-order valence-electron chi connectivity index (χ1n) is 6.89. The van der Waals surface area contributed by atoms with Gasteiger partial charge in [-0.2, -0.15) is 0 Å². The Bertz CT molecular complexity index is 869. The van der Waals surface area contributed by atoms with E-state index in [4.69, 9.17) is 23.2 Å². The van der Waals surface area contributed by atoms with E-state index in [1.807, 2.05) is 24.3 Å². The van der Waals surface area contributed by atoms with Crippen LogP contribution in [0.4, 0.5) is 4.79 Å². The number of rotatable bonds is 3. The molecule has 1 heterocycles. The highest BCUT2D eigenvalue weighted by Gasteiger charge is 2.35. The van der Waals surface area contributed by atoms with E-state index in [1.165, 1.54) is 4.90 Å². The van der Waals surface area contributed by atoms with Crippen LogP contribution in [-0.4, -0.2) is 16.0 Å². The minimum Gasteiger partial charge on any atom is -0.268 e. The van der Waals surface area contributed by atoms with Gasteiger partial charge in [0.25, 0.3) is 11.1 Å². The average molecular weight is 443 g/mol. The Morgan fingerprint density at radius 3 is 2.62 bits per heavy atom. The van der Waals surface area contributed by atoms with E-state index >= 15 is 0 Å². The fourth-order valence-corrected chi connectivity index (χ4v) is 3.95. The first-order valence-corrected chi connectivity index (χ1v) is 9.25. The zero-order chi connectivity index (χ0) is 17.3. The van der Waals surface area contributed by atoms with E-state index in [-0.39, 0.29) is 17.7 Å². The lowest BCUT2D eigenvalue weighted by atomic mass is 10.2. The summed E-state index contributed by atoms with van der Waals surface area (Å²) >= 11 is 16.3. The number of nitrogens with zero attached hydrogens (tertiary/aromatic N) is 1. The average Bonchev–Trinajstić information content (AvgIpc) is 2.78. The molecule has 2 aromatic rings. The van der Waals surface area contributed by atoms with Crippen LogP contribution in [0, 0.1) is 0 Å². The molecule has 0 N–H and O–H groups in total. The molecule has 0 aromatic heterocycles. The normalized spacial score (nSPS) is 16.3. The number of benzene rings is 2. The lowest BCUT2D eigenvalue weighted by molar-refractivity contribution is -0.123. The van der Waals surface area contributed by atoms with Crippen LogP contribution in [0.3, 0.4) is 0 Å². The van der Waals surface area contributed by atoms with Gasteiger partial charge < -0.3 is 0 Å². The van der Waals surface area contributed by atoms with Crippen molar-refractivity contribution in [3.05, 3.63) is 73.0 Å². The SMILES string of the molecule is O=C1S/C(=C/c2ccc(Cl)cc2Cl)C(=O)N1Cc1cccc(Br)c1. The largest absolute Gasteiger partial charge is 0.293 e. The van der Waals surface area contributed by atoms with Gasteiger partial charge in [0.15, 0.2) is 0 Å². The molecule has 0 atom stereocenters. The van der Waals surface area contributed by atoms with Crippen molar-refractivity contribution in [3.8, 4) is 0 Å². The van der Waals surface area contributed by atoms with Gasteiger partial charge in [-0.05, 0) is 53.2 Å². The maximum atomic E-state index is 12.5. The monoisotopic (exact) mass is 441 g/mol. The van der Waals surface area contributed by atoms with Gasteiger partial charge in [0, 0.05) is 14.5 Å². The Labute approximate surface area is 161 Å². The highest BCUT2D eigenvalue weighted by Crippen LogP contribution is 2.35. The summed E-state index contributed by atoms with van der Waals surface area (Å²) in [6.07, 6.45) is 1.62. The van der Waals surface area contributed by atoms with E-state index in [0.717, 1.165) is 21.8 Å². The van der Waals surface area contributed by atoms with Gasteiger partial charge in [0.05, 0.1) is 11.4 Å². The summed E-state index contributed by atoms with van der Waals surface area (Å²) in [4.78, 5) is 26.3. The summed E-state index contributed by atoms with van der Waals surface area (Å²) in [5.74, 6) is -0.323. The summed E-state index contributed by atoms with van der Waals surface area (Å²) < 4.78 is 0.899. The van der Waals surface area contributed by atoms with Crippen molar-refractivity contribution in [2.75, 3.05) is 0 Å². The quantitative estimate of drug-likeness (QED) is 0.547. The van der Waals surface area contributed by atoms with E-state index < -0.39 is 0 Å². The number of carbonyl (C=O) groups excluding carboxylic acids is 2. The zero-order valence-corrected chi connectivity index (χ0v) is 16.0. The molecule has 2 aromatic carbocycles. The number of thioether (sulfide) groups is 1. The number of imide groups is 1. The van der Waals surface area contributed by atoms with Gasteiger partial charge in [-0.1, -0.05) is 57.3 Å². The Hall–Kier alpha value is -1.27. The van der Waals surface area contributed by atoms with Crippen LogP contribution >= 0.6 is 50.9 Å². The lowest BCUT2D eigenvalue weighted by Crippen LogP contribution is -2.27. The summed E-state index contributed by atoms with van der Waals surface area (Å²) in [5, 5.41) is 0.650. The fourth-order valence-electron chi connectivity index (χ4n) is 2.21. The Kier molecular flexibility index (Phi) is 5.35. The zero-order valence-electron chi connectivity index (χ0n) is 12.1. The van der Waals surface area contributed by atoms with Gasteiger partial charge in [-0.15, -0.1) is 0 Å². The predicted octanol–water partition coefficient (Wildman–Crippen LogP) is 5.99. The lowest BCUT2D eigenvalue weighted by Gasteiger charge is -2.12. The molecule has 3 nitrogen and oxygen atoms in total. The van der Waals surface area contributed by atoms with E-state index in [0.29, 0.717) is 20.5 Å². The van der Waals surface area contributed by atoms with Crippen LogP contribution < -0.4 is 0 Å². The summed E-state index contributed by atoms with van der Waals surface area (Å²) in [5.41, 5.74) is 1.52. The van der Waals surface area contributed by atoms with Gasteiger partial charge in [-0.25, -0.2) is 0 Å². The van der Waals surface area contributed by atoms with Crippen molar-refractivity contribution in [3.63, 3.8) is 0 Å². The van der Waals surface area contributed by atoms with Crippen LogP contribution in [0.5, 0.6) is 0 Å². The second-order valence-corrected chi connectivity index (χ2v) is 7.82. The molecular formula is C17H10BrCl2NO2S. The maximum absolute atomic E-state index is 12.5. The van der Waals surface area contributed by atoms with Crippen molar-refractivity contribution in [1.82, 2.24) is 4.90 Å². The molecule has 1 aliphatic rings. The molecule has 0 aliphatic carbocycles. The first-order chi connectivity index (χ1) is 11.4. The molecular weight excluding hydrogens is 433 g/mol. The third-order valence-corrected chi connectivity index (χ3v) is 5.32. The van der Waals surface area contributed by atoms with Crippen molar-refractivity contribution in [2.24, 2.45) is 0 Å². The highest BCUT2D eigenvalue weighted by molar-refractivity contribution is 9.10. The molecule has 7 heteroatoms. The predicted molar refractivity (Wildman–Crippen MR) is 102 cm³/mol. The van der Waals surface area contributed by atoms with Gasteiger partial charge in [0.1, 0.15) is 0 Å². The molecule has 3 rings (SSSR count). The molecule has 1 fully saturated rings. The highest BCUT2D eigenvalue weighted by atomic mass is 79.9. The van der Waals surface area contributed by atoms with Crippen molar-refractivity contribution >= 4 is 68.1 Å². The second-order valence-electron chi connectivity index (χ2n) is 5.06. The standard InChI is InChI=1S/C17H10BrCl2NO2S/c18-12-3-1-2-10(6-12)9-21-16(22)15(24-17(21)23)7-11-4-5-13(19)8-14(11)20/h1-8H,9H2/b15-7+. The molecule has 0 saturated carbocycles. The molecule has 0 radical (unpaired) electrons. The van der Waals surface area contributed by atoms with Gasteiger partial charge >= 0.3 is 0 Å². The topological polar surface area (TPSA) is 37.4 Å². The van der Waals surface area contributed by atoms with E-state index in [1.54, 1.807) is 24.3 Å². The van der Waals surface area contributed by atoms with Crippen LogP contribution in [0.15, 0.2) is 51.8 Å². The number of carbonyl (C=O) groups is 2. The molecule has 0 bridgehead atoms. The first kappa shape index (κ1) is 17.5. The smallest absolute Gasteiger partial charge is 0.268 e. The molecule has 0 unspecified atom stereocenters. The Morgan fingerprint density at radius 1 is 1.12 bits per heavy atom. The van der Waals surface area contributed by atoms with E-state index in [2.05, 4.69) is 15.9 Å². The summed E-state index contributed by atoms with van der Waals surface area (Å²) in [7, 11) is 0. The van der Waals surface area contributed by atoms with Crippen LogP contribution in [-0.2, 0) is 11.3 Å². The Morgan fingerprint density at radius 2 is 1.92 bits per heavy atom. The summed E-state index contributed by atoms with van der Waals surface area (Å²) in [6, 6.07) is 12.5.